The highest BCUT2D eigenvalue weighted by atomic mass is 32.2. The number of aryl methyl sites for hydroxylation is 2. The summed E-state index contributed by atoms with van der Waals surface area (Å²) < 4.78 is 0. The number of thiazole rings is 1. The first-order chi connectivity index (χ1) is 16.1. The van der Waals surface area contributed by atoms with Crippen molar-refractivity contribution in [3.05, 3.63) is 34.7 Å². The van der Waals surface area contributed by atoms with Gasteiger partial charge in [0.05, 0.1) is 17.5 Å². The minimum Gasteiger partial charge on any atom is -0.300 e. The highest BCUT2D eigenvalue weighted by Crippen LogP contribution is 2.39. The number of aromatic nitrogens is 1. The molecule has 3 atom stereocenters. The second kappa shape index (κ2) is 9.58. The summed E-state index contributed by atoms with van der Waals surface area (Å²) in [5.74, 6) is -0.445. The number of hydrogen-bond acceptors (Lipinski definition) is 6. The molecule has 1 saturated carbocycles. The lowest BCUT2D eigenvalue weighted by Crippen LogP contribution is -2.48. The average molecular weight is 484 g/mol. The number of imide groups is 1. The largest absolute Gasteiger partial charge is 0.300 e. The molecular formula is C25H29N3O3S2. The van der Waals surface area contributed by atoms with Crippen molar-refractivity contribution in [2.45, 2.75) is 57.4 Å². The van der Waals surface area contributed by atoms with Crippen molar-refractivity contribution in [3.8, 4) is 11.3 Å². The van der Waals surface area contributed by atoms with Crippen molar-refractivity contribution in [3.63, 3.8) is 0 Å². The van der Waals surface area contributed by atoms with Gasteiger partial charge in [0.2, 0.25) is 17.7 Å². The number of carbonyl (C=O) groups excluding carboxylic acids is 3. The predicted molar refractivity (Wildman–Crippen MR) is 132 cm³/mol. The van der Waals surface area contributed by atoms with Gasteiger partial charge in [0, 0.05) is 10.9 Å². The van der Waals surface area contributed by atoms with E-state index in [4.69, 9.17) is 0 Å². The lowest BCUT2D eigenvalue weighted by Gasteiger charge is -2.25. The molecule has 0 radical (unpaired) electrons. The Kier molecular flexibility index (Phi) is 6.56. The Balaban J connectivity index is 1.33. The summed E-state index contributed by atoms with van der Waals surface area (Å²) in [6, 6.07) is 5.69. The fourth-order valence-electron chi connectivity index (χ4n) is 5.49. The van der Waals surface area contributed by atoms with Gasteiger partial charge in [-0.2, -0.15) is 11.8 Å². The van der Waals surface area contributed by atoms with Crippen LogP contribution in [0.4, 0.5) is 5.13 Å². The van der Waals surface area contributed by atoms with E-state index in [0.717, 1.165) is 49.8 Å². The minimum atomic E-state index is -0.782. The number of likely N-dealkylation sites (tertiary alicyclic amines) is 1. The van der Waals surface area contributed by atoms with E-state index >= 15 is 0 Å². The maximum atomic E-state index is 13.3. The number of amides is 3. The molecule has 6 nitrogen and oxygen atoms in total. The maximum absolute atomic E-state index is 13.3. The molecule has 1 aliphatic heterocycles. The Morgan fingerprint density at radius 3 is 2.61 bits per heavy atom. The van der Waals surface area contributed by atoms with Gasteiger partial charge in [0.25, 0.3) is 0 Å². The van der Waals surface area contributed by atoms with E-state index in [1.807, 2.05) is 11.6 Å². The molecule has 8 heteroatoms. The van der Waals surface area contributed by atoms with Crippen molar-refractivity contribution in [1.29, 1.82) is 0 Å². The number of benzene rings is 1. The SMILES string of the molecule is CSCCC(C(=O)Nc1nc(-c2ccc3c(c2)CCC3)cs1)N1C(=O)C2CCCCC2C1=O. The second-order valence-electron chi connectivity index (χ2n) is 9.21. The number of thioether (sulfide) groups is 1. The molecule has 2 aromatic rings. The summed E-state index contributed by atoms with van der Waals surface area (Å²) in [6.45, 7) is 0. The zero-order valence-electron chi connectivity index (χ0n) is 18.8. The average Bonchev–Trinajstić information content (AvgIpc) is 3.54. The molecule has 1 saturated heterocycles. The molecule has 1 aromatic carbocycles. The minimum absolute atomic E-state index is 0.163. The first-order valence-corrected chi connectivity index (χ1v) is 14.1. The van der Waals surface area contributed by atoms with Crippen molar-refractivity contribution in [2.75, 3.05) is 17.3 Å². The summed E-state index contributed by atoms with van der Waals surface area (Å²) in [7, 11) is 0. The summed E-state index contributed by atoms with van der Waals surface area (Å²) in [5, 5.41) is 5.36. The van der Waals surface area contributed by atoms with Crippen LogP contribution < -0.4 is 5.32 Å². The van der Waals surface area contributed by atoms with Crippen molar-refractivity contribution in [1.82, 2.24) is 9.88 Å². The second-order valence-corrected chi connectivity index (χ2v) is 11.0. The molecule has 2 aliphatic carbocycles. The number of anilines is 1. The van der Waals surface area contributed by atoms with E-state index in [1.54, 1.807) is 11.8 Å². The Bertz CT molecular complexity index is 1060. The molecule has 1 aromatic heterocycles. The standard InChI is InChI=1S/C25H29N3O3S2/c1-32-12-11-21(28-23(30)18-7-2-3-8-19(18)24(28)31)22(29)27-25-26-20(14-33-25)17-10-9-15-5-4-6-16(15)13-17/h9-10,13-14,18-19,21H,2-8,11-12H2,1H3,(H,26,27,29). The van der Waals surface area contributed by atoms with Gasteiger partial charge in [0.1, 0.15) is 6.04 Å². The molecule has 1 N–H and O–H groups in total. The zero-order valence-corrected chi connectivity index (χ0v) is 20.5. The van der Waals surface area contributed by atoms with Crippen LogP contribution in [-0.2, 0) is 27.2 Å². The third-order valence-electron chi connectivity index (χ3n) is 7.21. The van der Waals surface area contributed by atoms with E-state index in [9.17, 15) is 14.4 Å². The van der Waals surface area contributed by atoms with Crippen LogP contribution in [0.25, 0.3) is 11.3 Å². The van der Waals surface area contributed by atoms with Gasteiger partial charge in [-0.25, -0.2) is 4.98 Å². The van der Waals surface area contributed by atoms with E-state index < -0.39 is 6.04 Å². The molecule has 33 heavy (non-hydrogen) atoms. The van der Waals surface area contributed by atoms with Crippen LogP contribution in [0, 0.1) is 11.8 Å². The number of carbonyl (C=O) groups is 3. The van der Waals surface area contributed by atoms with Crippen LogP contribution >= 0.6 is 23.1 Å². The van der Waals surface area contributed by atoms with Crippen molar-refractivity contribution >= 4 is 46.0 Å². The normalized spacial score (nSPS) is 22.9. The Hall–Kier alpha value is -2.19. The summed E-state index contributed by atoms with van der Waals surface area (Å²) in [4.78, 5) is 45.4. The fourth-order valence-corrected chi connectivity index (χ4v) is 6.67. The van der Waals surface area contributed by atoms with Gasteiger partial charge in [-0.05, 0) is 67.7 Å². The van der Waals surface area contributed by atoms with Gasteiger partial charge in [-0.1, -0.05) is 25.0 Å². The molecule has 0 bridgehead atoms. The third-order valence-corrected chi connectivity index (χ3v) is 8.62. The highest BCUT2D eigenvalue weighted by Gasteiger charge is 2.51. The van der Waals surface area contributed by atoms with Crippen LogP contribution in [0.15, 0.2) is 23.6 Å². The fraction of sp³-hybridized carbons (Fsp3) is 0.520. The van der Waals surface area contributed by atoms with Crippen LogP contribution in [0.3, 0.4) is 0 Å². The molecule has 0 spiro atoms. The van der Waals surface area contributed by atoms with Crippen molar-refractivity contribution in [2.24, 2.45) is 11.8 Å². The van der Waals surface area contributed by atoms with Gasteiger partial charge in [-0.3, -0.25) is 19.3 Å². The van der Waals surface area contributed by atoms with E-state index in [-0.39, 0.29) is 29.6 Å². The van der Waals surface area contributed by atoms with Gasteiger partial charge in [-0.15, -0.1) is 11.3 Å². The number of nitrogens with one attached hydrogen (secondary N) is 1. The Labute approximate surface area is 202 Å². The quantitative estimate of drug-likeness (QED) is 0.585. The molecule has 5 rings (SSSR count). The first-order valence-electron chi connectivity index (χ1n) is 11.8. The van der Waals surface area contributed by atoms with Gasteiger partial charge in [0.15, 0.2) is 5.13 Å². The lowest BCUT2D eigenvalue weighted by molar-refractivity contribution is -0.146. The van der Waals surface area contributed by atoms with Crippen LogP contribution in [0.1, 0.15) is 49.7 Å². The molecule has 3 amide bonds. The van der Waals surface area contributed by atoms with Crippen LogP contribution in [0.5, 0.6) is 0 Å². The summed E-state index contributed by atoms with van der Waals surface area (Å²) in [6.07, 6.45) is 9.30. The topological polar surface area (TPSA) is 79.4 Å². The van der Waals surface area contributed by atoms with E-state index in [2.05, 4.69) is 28.5 Å². The van der Waals surface area contributed by atoms with Crippen LogP contribution in [0.2, 0.25) is 0 Å². The molecular weight excluding hydrogens is 454 g/mol. The first kappa shape index (κ1) is 22.6. The Morgan fingerprint density at radius 2 is 1.88 bits per heavy atom. The lowest BCUT2D eigenvalue weighted by atomic mass is 9.81. The van der Waals surface area contributed by atoms with Gasteiger partial charge >= 0.3 is 0 Å². The predicted octanol–water partition coefficient (Wildman–Crippen LogP) is 4.53. The van der Waals surface area contributed by atoms with Crippen molar-refractivity contribution < 1.29 is 14.4 Å². The summed E-state index contributed by atoms with van der Waals surface area (Å²) >= 11 is 2.98. The molecule has 3 unspecified atom stereocenters. The van der Waals surface area contributed by atoms with E-state index in [1.165, 1.54) is 33.8 Å². The molecule has 2 fully saturated rings. The number of fused-ring (bicyclic) bond motifs is 2. The van der Waals surface area contributed by atoms with E-state index in [0.29, 0.717) is 17.3 Å². The maximum Gasteiger partial charge on any atom is 0.249 e. The zero-order chi connectivity index (χ0) is 22.9. The number of rotatable bonds is 7. The highest BCUT2D eigenvalue weighted by molar-refractivity contribution is 7.98. The molecule has 174 valence electrons. The summed E-state index contributed by atoms with van der Waals surface area (Å²) in [5.41, 5.74) is 4.70. The Morgan fingerprint density at radius 1 is 1.15 bits per heavy atom. The monoisotopic (exact) mass is 483 g/mol. The van der Waals surface area contributed by atoms with Gasteiger partial charge < -0.3 is 5.32 Å². The smallest absolute Gasteiger partial charge is 0.249 e. The number of hydrogen-bond donors (Lipinski definition) is 1. The molecule has 3 aliphatic rings. The molecule has 2 heterocycles. The number of nitrogens with zero attached hydrogens (tertiary/aromatic N) is 2. The third kappa shape index (κ3) is 4.35. The van der Waals surface area contributed by atoms with Crippen LogP contribution in [-0.4, -0.2) is 45.7 Å².